The first-order valence-corrected chi connectivity index (χ1v) is 12.0. The normalized spacial score (nSPS) is 12.8. The lowest BCUT2D eigenvalue weighted by Gasteiger charge is -2.26. The van der Waals surface area contributed by atoms with Gasteiger partial charge in [-0.2, -0.15) is 0 Å². The van der Waals surface area contributed by atoms with Crippen LogP contribution in [0.25, 0.3) is 0 Å². The third kappa shape index (κ3) is 5.92. The van der Waals surface area contributed by atoms with Crippen LogP contribution in [-0.2, 0) is 22.6 Å². The minimum absolute atomic E-state index is 0.0142. The summed E-state index contributed by atoms with van der Waals surface area (Å²) in [7, 11) is 0. The second-order valence-corrected chi connectivity index (χ2v) is 9.90. The summed E-state index contributed by atoms with van der Waals surface area (Å²) in [5.74, 6) is -5.10. The van der Waals surface area contributed by atoms with Gasteiger partial charge in [-0.1, -0.05) is 18.0 Å². The molecule has 0 saturated heterocycles. The molecule has 0 aliphatic carbocycles. The third-order valence-corrected chi connectivity index (χ3v) is 6.56. The fourth-order valence-corrected chi connectivity index (χ4v) is 4.67. The van der Waals surface area contributed by atoms with Crippen LogP contribution in [0.4, 0.5) is 14.5 Å². The summed E-state index contributed by atoms with van der Waals surface area (Å²) >= 11 is 6.45. The van der Waals surface area contributed by atoms with Crippen LogP contribution in [-0.4, -0.2) is 38.8 Å². The molecule has 2 aromatic rings. The Morgan fingerprint density at radius 1 is 1.14 bits per heavy atom. The lowest BCUT2D eigenvalue weighted by molar-refractivity contribution is -0.137. The number of carboxylic acid groups (broad SMARTS) is 1. The highest BCUT2D eigenvalue weighted by molar-refractivity contribution is 6.48. The van der Waals surface area contributed by atoms with E-state index in [0.29, 0.717) is 44.3 Å². The van der Waals surface area contributed by atoms with E-state index in [1.807, 2.05) is 0 Å². The monoisotopic (exact) mass is 523 g/mol. The number of hydrogen-bond acceptors (Lipinski definition) is 4. The fourth-order valence-electron chi connectivity index (χ4n) is 4.29. The fraction of sp³-hybridized carbons (Fsp3) is 0.440. The van der Waals surface area contributed by atoms with Gasteiger partial charge >= 0.3 is 5.97 Å². The molecule has 3 rings (SSSR count). The van der Waals surface area contributed by atoms with E-state index in [4.69, 9.17) is 16.7 Å². The summed E-state index contributed by atoms with van der Waals surface area (Å²) < 4.78 is 29.4. The summed E-state index contributed by atoms with van der Waals surface area (Å²) in [6.07, 6.45) is 2.51. The van der Waals surface area contributed by atoms with E-state index in [1.54, 1.807) is 13.8 Å². The van der Waals surface area contributed by atoms with Crippen LogP contribution < -0.4 is 10.6 Å². The molecule has 0 spiro atoms. The molecule has 2 amide bonds. The van der Waals surface area contributed by atoms with Crippen molar-refractivity contribution in [1.29, 1.82) is 0 Å². The molecule has 1 aromatic carbocycles. The van der Waals surface area contributed by atoms with Crippen molar-refractivity contribution in [2.75, 3.05) is 5.32 Å². The predicted octanol–water partition coefficient (Wildman–Crippen LogP) is 4.65. The van der Waals surface area contributed by atoms with Gasteiger partial charge in [0.2, 0.25) is 0 Å². The van der Waals surface area contributed by atoms with Gasteiger partial charge in [-0.25, -0.2) is 8.78 Å². The van der Waals surface area contributed by atoms with E-state index in [2.05, 4.69) is 10.6 Å². The first-order chi connectivity index (χ1) is 16.8. The van der Waals surface area contributed by atoms with E-state index in [1.165, 1.54) is 11.5 Å². The average molecular weight is 524 g/mol. The molecule has 1 aromatic heterocycles. The highest BCUT2D eigenvalue weighted by atomic mass is 35.5. The Labute approximate surface area is 212 Å². The molecular formula is C25H28ClF2N3O5. The van der Waals surface area contributed by atoms with Crippen molar-refractivity contribution in [3.63, 3.8) is 0 Å². The molecule has 0 fully saturated rings. The number of benzene rings is 1. The van der Waals surface area contributed by atoms with Crippen LogP contribution in [0, 0.1) is 18.6 Å². The molecule has 36 heavy (non-hydrogen) atoms. The number of anilines is 1. The van der Waals surface area contributed by atoms with Crippen molar-refractivity contribution < 1.29 is 33.1 Å². The number of halogens is 3. The van der Waals surface area contributed by atoms with E-state index < -0.39 is 40.7 Å². The summed E-state index contributed by atoms with van der Waals surface area (Å²) in [6.45, 7) is 5.10. The number of Topliss-reactive ketones (excluding diaryl/α,β-unsaturated/α-hetero) is 1. The zero-order valence-electron chi connectivity index (χ0n) is 20.3. The van der Waals surface area contributed by atoms with Gasteiger partial charge in [0.1, 0.15) is 17.3 Å². The Morgan fingerprint density at radius 3 is 2.39 bits per heavy atom. The van der Waals surface area contributed by atoms with Crippen LogP contribution >= 0.6 is 11.6 Å². The van der Waals surface area contributed by atoms with Crippen molar-refractivity contribution in [3.8, 4) is 0 Å². The van der Waals surface area contributed by atoms with Gasteiger partial charge in [-0.3, -0.25) is 19.2 Å². The van der Waals surface area contributed by atoms with E-state index in [0.717, 1.165) is 12.1 Å². The lowest BCUT2D eigenvalue weighted by atomic mass is 9.96. The van der Waals surface area contributed by atoms with E-state index in [-0.39, 0.29) is 34.0 Å². The molecule has 194 valence electrons. The number of nitrogens with zero attached hydrogens (tertiary/aromatic N) is 1. The number of nitrogens with one attached hydrogen (secondary N) is 2. The number of carboxylic acids is 1. The van der Waals surface area contributed by atoms with Crippen molar-refractivity contribution in [2.24, 2.45) is 0 Å². The zero-order valence-corrected chi connectivity index (χ0v) is 21.0. The molecule has 0 radical (unpaired) electrons. The Bertz CT molecular complexity index is 1220. The van der Waals surface area contributed by atoms with E-state index in [9.17, 15) is 28.0 Å². The van der Waals surface area contributed by atoms with Crippen molar-refractivity contribution in [2.45, 2.75) is 71.4 Å². The molecule has 11 heteroatoms. The van der Waals surface area contributed by atoms with Crippen LogP contribution in [0.5, 0.6) is 0 Å². The van der Waals surface area contributed by atoms with E-state index >= 15 is 0 Å². The average Bonchev–Trinajstić information content (AvgIpc) is 3.33. The predicted molar refractivity (Wildman–Crippen MR) is 129 cm³/mol. The summed E-state index contributed by atoms with van der Waals surface area (Å²) in [5, 5.41) is 13.6. The van der Waals surface area contributed by atoms with Crippen LogP contribution in [0.15, 0.2) is 12.1 Å². The van der Waals surface area contributed by atoms with Gasteiger partial charge in [0.15, 0.2) is 0 Å². The molecule has 0 atom stereocenters. The maximum absolute atomic E-state index is 13.9. The topological polar surface area (TPSA) is 118 Å². The van der Waals surface area contributed by atoms with Crippen molar-refractivity contribution in [1.82, 2.24) is 9.88 Å². The summed E-state index contributed by atoms with van der Waals surface area (Å²) in [6, 6.07) is 1.97. The standard InChI is InChI=1S/C25H28ClF2N3O5/c1-13-15(27)11-14(12-16(13)28)29-23(35)19-17-7-6-10-31(17)21(20(19)26)22(34)24(36)30-25(2,3)9-5-4-8-18(32)33/h11-12H,4-10H2,1-3H3,(H,29,35)(H,30,36)(H,32,33). The maximum Gasteiger partial charge on any atom is 0.303 e. The molecule has 2 heterocycles. The lowest BCUT2D eigenvalue weighted by Crippen LogP contribution is -2.46. The van der Waals surface area contributed by atoms with Crippen LogP contribution in [0.1, 0.15) is 78.1 Å². The van der Waals surface area contributed by atoms with Gasteiger partial charge in [-0.05, 0) is 58.6 Å². The summed E-state index contributed by atoms with van der Waals surface area (Å²) in [5.41, 5.74) is -0.730. The molecule has 0 bridgehead atoms. The van der Waals surface area contributed by atoms with Gasteiger partial charge in [0.05, 0.1) is 10.6 Å². The number of rotatable bonds is 10. The molecular weight excluding hydrogens is 496 g/mol. The minimum Gasteiger partial charge on any atom is -0.481 e. The van der Waals surface area contributed by atoms with Crippen LogP contribution in [0.3, 0.4) is 0 Å². The third-order valence-electron chi connectivity index (χ3n) is 6.19. The number of aromatic nitrogens is 1. The Hall–Kier alpha value is -3.27. The highest BCUT2D eigenvalue weighted by Gasteiger charge is 2.35. The smallest absolute Gasteiger partial charge is 0.303 e. The Morgan fingerprint density at radius 2 is 1.78 bits per heavy atom. The maximum atomic E-state index is 13.9. The van der Waals surface area contributed by atoms with Crippen molar-refractivity contribution in [3.05, 3.63) is 51.3 Å². The molecule has 3 N–H and O–H groups in total. The molecule has 1 aliphatic rings. The van der Waals surface area contributed by atoms with Gasteiger partial charge in [0.25, 0.3) is 17.6 Å². The number of aliphatic carboxylic acids is 1. The quantitative estimate of drug-likeness (QED) is 0.238. The minimum atomic E-state index is -0.909. The number of unbranched alkanes of at least 4 members (excludes halogenated alkanes) is 1. The van der Waals surface area contributed by atoms with Gasteiger partial charge in [0, 0.05) is 35.4 Å². The highest BCUT2D eigenvalue weighted by Crippen LogP contribution is 2.34. The number of ketones is 1. The van der Waals surface area contributed by atoms with Gasteiger partial charge in [-0.15, -0.1) is 0 Å². The number of hydrogen-bond donors (Lipinski definition) is 3. The Kier molecular flexibility index (Phi) is 8.18. The second kappa shape index (κ2) is 10.8. The molecule has 0 unspecified atom stereocenters. The Balaban J connectivity index is 1.80. The zero-order chi connectivity index (χ0) is 26.8. The molecule has 0 saturated carbocycles. The van der Waals surface area contributed by atoms with Gasteiger partial charge < -0.3 is 20.3 Å². The summed E-state index contributed by atoms with van der Waals surface area (Å²) in [4.78, 5) is 49.6. The first-order valence-electron chi connectivity index (χ1n) is 11.6. The molecule has 1 aliphatic heterocycles. The first kappa shape index (κ1) is 27.3. The number of amides is 2. The second-order valence-electron chi connectivity index (χ2n) is 9.53. The van der Waals surface area contributed by atoms with Crippen molar-refractivity contribution >= 4 is 40.9 Å². The SMILES string of the molecule is Cc1c(F)cc(NC(=O)c2c(Cl)c(C(=O)C(=O)NC(C)(C)CCCCC(=O)O)n3c2CCC3)cc1F. The van der Waals surface area contributed by atoms with Crippen LogP contribution in [0.2, 0.25) is 5.02 Å². The molecule has 8 nitrogen and oxygen atoms in total. The number of carbonyl (C=O) groups excluding carboxylic acids is 3. The largest absolute Gasteiger partial charge is 0.481 e. The number of fused-ring (bicyclic) bond motifs is 1. The number of carbonyl (C=O) groups is 4.